The largest absolute Gasteiger partial charge is 0.493 e. The molecule has 2 nitrogen and oxygen atoms in total. The molecule has 19 heavy (non-hydrogen) atoms. The summed E-state index contributed by atoms with van der Waals surface area (Å²) in [6, 6.07) is 15.7. The highest BCUT2D eigenvalue weighted by Gasteiger charge is 2.00. The van der Waals surface area contributed by atoms with Gasteiger partial charge in [-0.3, -0.25) is 0 Å². The van der Waals surface area contributed by atoms with E-state index < -0.39 is 0 Å². The molecule has 0 heterocycles. The van der Waals surface area contributed by atoms with Crippen LogP contribution in [0.3, 0.4) is 0 Å². The van der Waals surface area contributed by atoms with Gasteiger partial charge in [0, 0.05) is 17.2 Å². The Kier molecular flexibility index (Phi) is 5.58. The van der Waals surface area contributed by atoms with E-state index in [0.717, 1.165) is 27.0 Å². The molecule has 2 rings (SSSR count). The summed E-state index contributed by atoms with van der Waals surface area (Å²) < 4.78 is 5.69. The third kappa shape index (κ3) is 4.46. The van der Waals surface area contributed by atoms with Crippen molar-refractivity contribution in [1.82, 2.24) is 0 Å². The van der Waals surface area contributed by atoms with E-state index in [1.165, 1.54) is 0 Å². The zero-order valence-corrected chi connectivity index (χ0v) is 12.1. The molecule has 0 fully saturated rings. The lowest BCUT2D eigenvalue weighted by atomic mass is 10.2. The van der Waals surface area contributed by atoms with E-state index in [-0.39, 0.29) is 0 Å². The van der Waals surface area contributed by atoms with Crippen LogP contribution in [-0.2, 0) is 6.54 Å². The van der Waals surface area contributed by atoms with E-state index in [9.17, 15) is 0 Å². The van der Waals surface area contributed by atoms with Crippen LogP contribution in [-0.4, -0.2) is 12.4 Å². The van der Waals surface area contributed by atoms with E-state index in [4.69, 9.17) is 22.1 Å². The molecule has 0 bridgehead atoms. The first kappa shape index (κ1) is 14.3. The van der Waals surface area contributed by atoms with Gasteiger partial charge >= 0.3 is 0 Å². The average molecular weight is 294 g/mol. The Bertz CT molecular complexity index is 533. The zero-order valence-electron chi connectivity index (χ0n) is 10.5. The number of benzene rings is 2. The lowest BCUT2D eigenvalue weighted by molar-refractivity contribution is 0.343. The minimum Gasteiger partial charge on any atom is -0.493 e. The van der Waals surface area contributed by atoms with Gasteiger partial charge < -0.3 is 10.5 Å². The van der Waals surface area contributed by atoms with Crippen molar-refractivity contribution in [1.29, 1.82) is 0 Å². The van der Waals surface area contributed by atoms with Crippen molar-refractivity contribution in [3.05, 3.63) is 59.1 Å². The number of ether oxygens (including phenoxy) is 1. The van der Waals surface area contributed by atoms with Gasteiger partial charge in [-0.1, -0.05) is 35.9 Å². The van der Waals surface area contributed by atoms with Crippen molar-refractivity contribution in [2.24, 2.45) is 5.73 Å². The van der Waals surface area contributed by atoms with Gasteiger partial charge in [0.15, 0.2) is 0 Å². The van der Waals surface area contributed by atoms with Crippen LogP contribution >= 0.6 is 23.4 Å². The summed E-state index contributed by atoms with van der Waals surface area (Å²) in [4.78, 5) is 1.09. The second-order valence-corrected chi connectivity index (χ2v) is 5.52. The second-order valence-electron chi connectivity index (χ2n) is 3.98. The predicted molar refractivity (Wildman–Crippen MR) is 82.0 cm³/mol. The Labute approximate surface area is 122 Å². The molecule has 2 N–H and O–H groups in total. The van der Waals surface area contributed by atoms with E-state index in [2.05, 4.69) is 0 Å². The molecule has 0 aliphatic rings. The van der Waals surface area contributed by atoms with E-state index in [0.29, 0.717) is 13.2 Å². The Morgan fingerprint density at radius 2 is 1.95 bits per heavy atom. The highest BCUT2D eigenvalue weighted by atomic mass is 35.5. The van der Waals surface area contributed by atoms with Crippen molar-refractivity contribution in [3.8, 4) is 5.75 Å². The molecule has 0 spiro atoms. The van der Waals surface area contributed by atoms with Crippen molar-refractivity contribution in [3.63, 3.8) is 0 Å². The SMILES string of the molecule is NCc1cccc(OCCSc2ccccc2Cl)c1. The topological polar surface area (TPSA) is 35.2 Å². The van der Waals surface area contributed by atoms with Crippen LogP contribution in [0, 0.1) is 0 Å². The molecule has 100 valence electrons. The molecule has 0 atom stereocenters. The molecule has 2 aromatic rings. The van der Waals surface area contributed by atoms with Crippen molar-refractivity contribution < 1.29 is 4.74 Å². The summed E-state index contributed by atoms with van der Waals surface area (Å²) in [6.45, 7) is 1.18. The lowest BCUT2D eigenvalue weighted by Crippen LogP contribution is -2.01. The van der Waals surface area contributed by atoms with Crippen LogP contribution in [0.5, 0.6) is 5.75 Å². The number of halogens is 1. The zero-order chi connectivity index (χ0) is 13.5. The van der Waals surface area contributed by atoms with Gasteiger partial charge in [0.2, 0.25) is 0 Å². The second kappa shape index (κ2) is 7.43. The Morgan fingerprint density at radius 3 is 2.74 bits per heavy atom. The number of thioether (sulfide) groups is 1. The van der Waals surface area contributed by atoms with Gasteiger partial charge in [0.05, 0.1) is 11.6 Å². The molecule has 2 aromatic carbocycles. The molecule has 4 heteroatoms. The summed E-state index contributed by atoms with van der Waals surface area (Å²) in [5.41, 5.74) is 6.67. The Morgan fingerprint density at radius 1 is 1.11 bits per heavy atom. The molecule has 0 saturated heterocycles. The van der Waals surface area contributed by atoms with Gasteiger partial charge in [-0.15, -0.1) is 11.8 Å². The fourth-order valence-corrected chi connectivity index (χ4v) is 2.70. The van der Waals surface area contributed by atoms with Crippen LogP contribution < -0.4 is 10.5 Å². The standard InChI is InChI=1S/C15H16ClNOS/c16-14-6-1-2-7-15(14)19-9-8-18-13-5-3-4-12(10-13)11-17/h1-7,10H,8-9,11,17H2. The molecule has 0 aromatic heterocycles. The fourth-order valence-electron chi connectivity index (χ4n) is 1.64. The molecule has 0 saturated carbocycles. The normalized spacial score (nSPS) is 10.4. The van der Waals surface area contributed by atoms with Crippen LogP contribution in [0.2, 0.25) is 5.02 Å². The Balaban J connectivity index is 1.79. The lowest BCUT2D eigenvalue weighted by Gasteiger charge is -2.08. The monoisotopic (exact) mass is 293 g/mol. The molecule has 0 unspecified atom stereocenters. The average Bonchev–Trinajstić information content (AvgIpc) is 2.45. The minimum absolute atomic E-state index is 0.533. The minimum atomic E-state index is 0.533. The molecular formula is C15H16ClNOS. The number of hydrogen-bond donors (Lipinski definition) is 1. The number of nitrogens with two attached hydrogens (primary N) is 1. The summed E-state index contributed by atoms with van der Waals surface area (Å²) in [5, 5.41) is 0.789. The van der Waals surface area contributed by atoms with Gasteiger partial charge in [0.1, 0.15) is 5.75 Å². The highest BCUT2D eigenvalue weighted by molar-refractivity contribution is 7.99. The summed E-state index contributed by atoms with van der Waals surface area (Å²) in [7, 11) is 0. The van der Waals surface area contributed by atoms with Crippen molar-refractivity contribution >= 4 is 23.4 Å². The number of hydrogen-bond acceptors (Lipinski definition) is 3. The Hall–Kier alpha value is -1.16. The molecule has 0 radical (unpaired) electrons. The third-order valence-corrected chi connectivity index (χ3v) is 4.06. The van der Waals surface area contributed by atoms with E-state index >= 15 is 0 Å². The van der Waals surface area contributed by atoms with Crippen LogP contribution in [0.1, 0.15) is 5.56 Å². The predicted octanol–water partition coefficient (Wildman–Crippen LogP) is 3.97. The maximum atomic E-state index is 6.08. The number of rotatable bonds is 6. The van der Waals surface area contributed by atoms with Crippen molar-refractivity contribution in [2.75, 3.05) is 12.4 Å². The van der Waals surface area contributed by atoms with Crippen LogP contribution in [0.25, 0.3) is 0 Å². The first-order chi connectivity index (χ1) is 9.29. The van der Waals surface area contributed by atoms with Gasteiger partial charge in [-0.25, -0.2) is 0 Å². The highest BCUT2D eigenvalue weighted by Crippen LogP contribution is 2.26. The maximum absolute atomic E-state index is 6.08. The molecule has 0 aliphatic heterocycles. The first-order valence-electron chi connectivity index (χ1n) is 6.09. The van der Waals surface area contributed by atoms with Crippen LogP contribution in [0.4, 0.5) is 0 Å². The van der Waals surface area contributed by atoms with Crippen LogP contribution in [0.15, 0.2) is 53.4 Å². The van der Waals surface area contributed by atoms with Crippen molar-refractivity contribution in [2.45, 2.75) is 11.4 Å². The van der Waals surface area contributed by atoms with E-state index in [1.54, 1.807) is 11.8 Å². The summed E-state index contributed by atoms with van der Waals surface area (Å²) >= 11 is 7.78. The smallest absolute Gasteiger partial charge is 0.119 e. The van der Waals surface area contributed by atoms with Gasteiger partial charge in [-0.2, -0.15) is 0 Å². The van der Waals surface area contributed by atoms with Gasteiger partial charge in [0.25, 0.3) is 0 Å². The third-order valence-electron chi connectivity index (χ3n) is 2.58. The first-order valence-corrected chi connectivity index (χ1v) is 7.45. The van der Waals surface area contributed by atoms with E-state index in [1.807, 2.05) is 48.5 Å². The fraction of sp³-hybridized carbons (Fsp3) is 0.200. The van der Waals surface area contributed by atoms with Gasteiger partial charge in [-0.05, 0) is 29.8 Å². The molecule has 0 aliphatic carbocycles. The molecule has 0 amide bonds. The summed E-state index contributed by atoms with van der Waals surface area (Å²) in [5.74, 6) is 1.72. The molecular weight excluding hydrogens is 278 g/mol. The quantitative estimate of drug-likeness (QED) is 0.646. The maximum Gasteiger partial charge on any atom is 0.119 e. The summed E-state index contributed by atoms with van der Waals surface area (Å²) in [6.07, 6.45) is 0.